The number of aryl methyl sites for hydroxylation is 1. The number of halogens is 3. The number of alkyl halides is 3. The first kappa shape index (κ1) is 42.8. The molecule has 6 amide bonds. The van der Waals surface area contributed by atoms with Gasteiger partial charge in [0.1, 0.15) is 18.1 Å². The van der Waals surface area contributed by atoms with Gasteiger partial charge < -0.3 is 37.4 Å². The third-order valence-electron chi connectivity index (χ3n) is 6.94. The average Bonchev–Trinajstić information content (AvgIpc) is 3.06. The molecule has 278 valence electrons. The number of unbranched alkanes of at least 4 members (excludes halogenated alkanes) is 2. The quantitative estimate of drug-likeness (QED) is 0.0855. The third kappa shape index (κ3) is 17.8. The second-order valence-corrected chi connectivity index (χ2v) is 11.0. The SMILES string of the molecule is CCCCC[C@@H]1NC(=O)CNC(=O)[C@H](CC(=O)O)NC(=O)CNC(=O)[C@H](CCCN=C(N)NC(=O)C(F)(F)F)NC1=O.CCc1ccccc1. The molecule has 1 aromatic carbocycles. The minimum atomic E-state index is -5.18. The van der Waals surface area contributed by atoms with Crippen molar-refractivity contribution >= 4 is 47.4 Å². The smallest absolute Gasteiger partial charge is 0.471 e. The summed E-state index contributed by atoms with van der Waals surface area (Å²) in [7, 11) is 0. The average molecular weight is 715 g/mol. The van der Waals surface area contributed by atoms with Crippen molar-refractivity contribution in [3.05, 3.63) is 35.9 Å². The Hall–Kier alpha value is -5.23. The summed E-state index contributed by atoms with van der Waals surface area (Å²) in [6.45, 7) is 2.48. The third-order valence-corrected chi connectivity index (χ3v) is 6.94. The molecule has 16 nitrogen and oxygen atoms in total. The minimum absolute atomic E-state index is 0.0287. The molecule has 2 rings (SSSR count). The van der Waals surface area contributed by atoms with Gasteiger partial charge in [0.25, 0.3) is 0 Å². The zero-order valence-corrected chi connectivity index (χ0v) is 27.9. The molecule has 1 aromatic rings. The molecule has 50 heavy (non-hydrogen) atoms. The van der Waals surface area contributed by atoms with Gasteiger partial charge in [-0.25, -0.2) is 0 Å². The number of nitrogens with zero attached hydrogens (tertiary/aromatic N) is 1. The van der Waals surface area contributed by atoms with E-state index >= 15 is 0 Å². The summed E-state index contributed by atoms with van der Waals surface area (Å²) in [4.78, 5) is 88.8. The number of carbonyl (C=O) groups is 7. The predicted octanol–water partition coefficient (Wildman–Crippen LogP) is -0.236. The largest absolute Gasteiger partial charge is 0.481 e. The summed E-state index contributed by atoms with van der Waals surface area (Å²) < 4.78 is 37.0. The Labute approximate surface area is 287 Å². The van der Waals surface area contributed by atoms with Crippen LogP contribution in [0.4, 0.5) is 13.2 Å². The molecule has 9 N–H and O–H groups in total. The van der Waals surface area contributed by atoms with Gasteiger partial charge in [-0.05, 0) is 31.2 Å². The van der Waals surface area contributed by atoms with E-state index in [1.165, 1.54) is 10.9 Å². The number of guanidine groups is 1. The first-order valence-electron chi connectivity index (χ1n) is 16.0. The van der Waals surface area contributed by atoms with Crippen molar-refractivity contribution in [2.75, 3.05) is 19.6 Å². The van der Waals surface area contributed by atoms with Crippen LogP contribution in [0.3, 0.4) is 0 Å². The molecule has 0 aromatic heterocycles. The van der Waals surface area contributed by atoms with Gasteiger partial charge in [-0.3, -0.25) is 43.9 Å². The van der Waals surface area contributed by atoms with Crippen molar-refractivity contribution in [3.8, 4) is 0 Å². The Morgan fingerprint density at radius 3 is 1.90 bits per heavy atom. The van der Waals surface area contributed by atoms with Crippen LogP contribution in [0.5, 0.6) is 0 Å². The molecule has 0 bridgehead atoms. The van der Waals surface area contributed by atoms with Crippen LogP contribution < -0.4 is 37.6 Å². The summed E-state index contributed by atoms with van der Waals surface area (Å²) in [5, 5.41) is 22.0. The van der Waals surface area contributed by atoms with Gasteiger partial charge in [-0.15, -0.1) is 0 Å². The van der Waals surface area contributed by atoms with Crippen molar-refractivity contribution in [1.29, 1.82) is 0 Å². The highest BCUT2D eigenvalue weighted by Gasteiger charge is 2.39. The van der Waals surface area contributed by atoms with E-state index in [0.717, 1.165) is 19.3 Å². The molecule has 0 spiro atoms. The van der Waals surface area contributed by atoms with E-state index in [9.17, 15) is 46.7 Å². The summed E-state index contributed by atoms with van der Waals surface area (Å²) in [6, 6.07) is 6.46. The number of carbonyl (C=O) groups excluding carboxylic acids is 6. The van der Waals surface area contributed by atoms with Gasteiger partial charge in [-0.1, -0.05) is 63.4 Å². The van der Waals surface area contributed by atoms with Crippen LogP contribution in [0, 0.1) is 0 Å². The van der Waals surface area contributed by atoms with Crippen LogP contribution in [0.2, 0.25) is 0 Å². The van der Waals surface area contributed by atoms with Crippen LogP contribution in [0.15, 0.2) is 35.3 Å². The number of hydrogen-bond donors (Lipinski definition) is 8. The Morgan fingerprint density at radius 1 is 0.840 bits per heavy atom. The molecule has 0 unspecified atom stereocenters. The van der Waals surface area contributed by atoms with E-state index < -0.39 is 91.2 Å². The number of aliphatic imine (C=N–C) groups is 1. The highest BCUT2D eigenvalue weighted by atomic mass is 19.4. The fourth-order valence-corrected chi connectivity index (χ4v) is 4.30. The van der Waals surface area contributed by atoms with E-state index in [4.69, 9.17) is 10.8 Å². The van der Waals surface area contributed by atoms with Gasteiger partial charge in [0, 0.05) is 6.54 Å². The maximum atomic E-state index is 13.1. The Morgan fingerprint density at radius 2 is 1.38 bits per heavy atom. The number of amides is 6. The number of carboxylic acids is 1. The molecule has 0 aliphatic carbocycles. The van der Waals surface area contributed by atoms with Gasteiger partial charge >= 0.3 is 18.1 Å². The minimum Gasteiger partial charge on any atom is -0.481 e. The van der Waals surface area contributed by atoms with Crippen LogP contribution in [-0.2, 0) is 40.0 Å². The molecular weight excluding hydrogens is 669 g/mol. The molecule has 1 aliphatic rings. The van der Waals surface area contributed by atoms with Crippen LogP contribution in [0.25, 0.3) is 0 Å². The summed E-state index contributed by atoms with van der Waals surface area (Å²) in [5.74, 6) is -8.89. The fraction of sp³-hybridized carbons (Fsp3) is 0.548. The molecule has 1 saturated heterocycles. The second-order valence-electron chi connectivity index (χ2n) is 11.0. The maximum absolute atomic E-state index is 13.1. The number of aliphatic carboxylic acids is 1. The van der Waals surface area contributed by atoms with Gasteiger partial charge in [0.05, 0.1) is 19.5 Å². The molecule has 1 aliphatic heterocycles. The lowest BCUT2D eigenvalue weighted by Crippen LogP contribution is -2.55. The van der Waals surface area contributed by atoms with E-state index in [-0.39, 0.29) is 25.8 Å². The molecule has 3 atom stereocenters. The zero-order chi connectivity index (χ0) is 37.7. The molecular formula is C31H45F3N8O8. The lowest BCUT2D eigenvalue weighted by atomic mass is 10.1. The second kappa shape index (κ2) is 22.4. The molecule has 19 heteroatoms. The monoisotopic (exact) mass is 714 g/mol. The highest BCUT2D eigenvalue weighted by molar-refractivity contribution is 5.99. The first-order valence-corrected chi connectivity index (χ1v) is 16.0. The normalized spacial score (nSPS) is 19.5. The van der Waals surface area contributed by atoms with Gasteiger partial charge in [0.2, 0.25) is 29.5 Å². The molecule has 0 saturated carbocycles. The van der Waals surface area contributed by atoms with Crippen LogP contribution in [-0.4, -0.2) is 96.4 Å². The van der Waals surface area contributed by atoms with E-state index in [0.29, 0.717) is 6.42 Å². The van der Waals surface area contributed by atoms with Crippen LogP contribution in [0.1, 0.15) is 64.4 Å². The van der Waals surface area contributed by atoms with Crippen molar-refractivity contribution in [2.24, 2.45) is 10.7 Å². The summed E-state index contributed by atoms with van der Waals surface area (Å²) in [5.41, 5.74) is 6.68. The number of hydrogen-bond acceptors (Lipinski definition) is 8. The van der Waals surface area contributed by atoms with Gasteiger partial charge in [-0.2, -0.15) is 13.2 Å². The standard InChI is InChI=1S/C23H35F3N8O8.C8H10/c1-2-3-4-6-13-20(41)33-12(7-5-8-28-22(27)34-21(42)23(24,25)26)18(39)29-11-16(36)32-14(9-17(37)38)19(40)30-10-15(35)31-13;1-2-8-6-4-3-5-7-8/h12-14H,2-11H2,1H3,(H,29,39)(H,30,40)(H,31,35)(H,32,36)(H,33,41)(H,37,38)(H3,27,28,34,42);3-7H,2H2,1H3/t12-,13-,14-;/m0./s1. The fourth-order valence-electron chi connectivity index (χ4n) is 4.30. The Balaban J connectivity index is 0.00000136. The Bertz CT molecular complexity index is 1340. The predicted molar refractivity (Wildman–Crippen MR) is 174 cm³/mol. The van der Waals surface area contributed by atoms with Crippen molar-refractivity contribution in [2.45, 2.75) is 89.5 Å². The first-order chi connectivity index (χ1) is 23.6. The van der Waals surface area contributed by atoms with Crippen molar-refractivity contribution < 1.29 is 51.8 Å². The zero-order valence-electron chi connectivity index (χ0n) is 27.9. The number of nitrogens with one attached hydrogen (secondary N) is 6. The molecule has 0 radical (unpaired) electrons. The maximum Gasteiger partial charge on any atom is 0.471 e. The molecule has 1 heterocycles. The summed E-state index contributed by atoms with van der Waals surface area (Å²) in [6.07, 6.45) is -2.83. The van der Waals surface area contributed by atoms with Crippen molar-refractivity contribution in [1.82, 2.24) is 31.9 Å². The van der Waals surface area contributed by atoms with E-state index in [1.54, 1.807) is 0 Å². The highest BCUT2D eigenvalue weighted by Crippen LogP contribution is 2.13. The number of nitrogens with two attached hydrogens (primary N) is 1. The van der Waals surface area contributed by atoms with Gasteiger partial charge in [0.15, 0.2) is 5.96 Å². The summed E-state index contributed by atoms with van der Waals surface area (Å²) >= 11 is 0. The number of carboxylic acid groups (broad SMARTS) is 1. The van der Waals surface area contributed by atoms with Crippen LogP contribution >= 0.6 is 0 Å². The lowest BCUT2D eigenvalue weighted by Gasteiger charge is -2.23. The van der Waals surface area contributed by atoms with Crippen molar-refractivity contribution in [3.63, 3.8) is 0 Å². The van der Waals surface area contributed by atoms with E-state index in [1.807, 2.05) is 13.0 Å². The lowest BCUT2D eigenvalue weighted by molar-refractivity contribution is -0.171. The number of rotatable bonds is 11. The topological polar surface area (TPSA) is 250 Å². The van der Waals surface area contributed by atoms with E-state index in [2.05, 4.69) is 62.8 Å². The Kier molecular flexibility index (Phi) is 19.2. The number of benzene rings is 1. The molecule has 1 fully saturated rings.